The Bertz CT molecular complexity index is 780. The van der Waals surface area contributed by atoms with Crippen LogP contribution in [0.4, 0.5) is 0 Å². The molecule has 1 saturated carbocycles. The molecule has 0 spiro atoms. The molecule has 23 heavy (non-hydrogen) atoms. The van der Waals surface area contributed by atoms with Crippen LogP contribution in [0.5, 0.6) is 0 Å². The Hall–Kier alpha value is -2.10. The van der Waals surface area contributed by atoms with Crippen LogP contribution in [0.15, 0.2) is 24.4 Å². The minimum absolute atomic E-state index is 0.0276. The van der Waals surface area contributed by atoms with Gasteiger partial charge in [0.2, 0.25) is 5.78 Å². The third kappa shape index (κ3) is 2.90. The van der Waals surface area contributed by atoms with Gasteiger partial charge in [0.05, 0.1) is 11.4 Å². The van der Waals surface area contributed by atoms with Gasteiger partial charge in [-0.1, -0.05) is 39.3 Å². The minimum atomic E-state index is -0.592. The number of benzene rings is 1. The van der Waals surface area contributed by atoms with Crippen molar-refractivity contribution in [1.82, 2.24) is 9.97 Å². The van der Waals surface area contributed by atoms with Crippen molar-refractivity contribution in [3.05, 3.63) is 35.8 Å². The zero-order valence-electron chi connectivity index (χ0n) is 13.9. The number of carbonyl (C=O) groups is 2. The number of rotatable bonds is 3. The summed E-state index contributed by atoms with van der Waals surface area (Å²) < 4.78 is 0. The van der Waals surface area contributed by atoms with Gasteiger partial charge in [0.15, 0.2) is 5.82 Å². The summed E-state index contributed by atoms with van der Waals surface area (Å²) in [6, 6.07) is 6.00. The number of carbonyl (C=O) groups excluding carboxylic acids is 2. The summed E-state index contributed by atoms with van der Waals surface area (Å²) in [5.74, 6) is -0.626. The van der Waals surface area contributed by atoms with Crippen LogP contribution in [0.25, 0.3) is 10.9 Å². The first-order chi connectivity index (χ1) is 10.9. The standard InChI is InChI=1S/C19H22N2O2/c1-4-12-7-8-13-11-20-18(21-15(13)10-12)16(22)14-6-5-9-19(2,3)17(14)23/h7-8,10-11,14H,4-6,9H2,1-3H3. The predicted molar refractivity (Wildman–Crippen MR) is 89.4 cm³/mol. The van der Waals surface area contributed by atoms with E-state index < -0.39 is 11.3 Å². The summed E-state index contributed by atoms with van der Waals surface area (Å²) >= 11 is 0. The van der Waals surface area contributed by atoms with Gasteiger partial charge < -0.3 is 0 Å². The fourth-order valence-corrected chi connectivity index (χ4v) is 3.29. The van der Waals surface area contributed by atoms with Crippen LogP contribution in [0, 0.1) is 11.3 Å². The van der Waals surface area contributed by atoms with E-state index >= 15 is 0 Å². The Balaban J connectivity index is 1.95. The monoisotopic (exact) mass is 310 g/mol. The van der Waals surface area contributed by atoms with Crippen molar-refractivity contribution in [2.24, 2.45) is 11.3 Å². The summed E-state index contributed by atoms with van der Waals surface area (Å²) in [4.78, 5) is 33.9. The van der Waals surface area contributed by atoms with E-state index in [2.05, 4.69) is 16.9 Å². The molecule has 1 aliphatic carbocycles. The minimum Gasteiger partial charge on any atom is -0.298 e. The molecule has 0 bridgehead atoms. The van der Waals surface area contributed by atoms with Gasteiger partial charge in [-0.3, -0.25) is 9.59 Å². The summed E-state index contributed by atoms with van der Waals surface area (Å²) in [5, 5.41) is 0.911. The topological polar surface area (TPSA) is 59.9 Å². The summed E-state index contributed by atoms with van der Waals surface area (Å²) in [5.41, 5.74) is 1.51. The number of ketones is 2. The smallest absolute Gasteiger partial charge is 0.210 e. The van der Waals surface area contributed by atoms with Crippen LogP contribution in [-0.2, 0) is 11.2 Å². The molecule has 1 aliphatic rings. The third-order valence-electron chi connectivity index (χ3n) is 4.87. The van der Waals surface area contributed by atoms with E-state index in [9.17, 15) is 9.59 Å². The molecule has 4 heteroatoms. The van der Waals surface area contributed by atoms with Gasteiger partial charge in [-0.25, -0.2) is 9.97 Å². The molecule has 2 aromatic rings. The molecule has 0 amide bonds. The van der Waals surface area contributed by atoms with E-state index in [1.807, 2.05) is 32.0 Å². The highest BCUT2D eigenvalue weighted by atomic mass is 16.2. The van der Waals surface area contributed by atoms with Crippen molar-refractivity contribution in [2.75, 3.05) is 0 Å². The zero-order chi connectivity index (χ0) is 16.6. The predicted octanol–water partition coefficient (Wildman–Crippen LogP) is 3.77. The average molecular weight is 310 g/mol. The van der Waals surface area contributed by atoms with E-state index in [0.29, 0.717) is 6.42 Å². The molecular formula is C19H22N2O2. The van der Waals surface area contributed by atoms with Crippen molar-refractivity contribution in [3.63, 3.8) is 0 Å². The van der Waals surface area contributed by atoms with Crippen LogP contribution in [-0.4, -0.2) is 21.5 Å². The highest BCUT2D eigenvalue weighted by Gasteiger charge is 2.41. The molecule has 1 fully saturated rings. The van der Waals surface area contributed by atoms with E-state index in [1.165, 1.54) is 5.56 Å². The number of fused-ring (bicyclic) bond motifs is 1. The highest BCUT2D eigenvalue weighted by molar-refractivity contribution is 6.11. The molecule has 3 rings (SSSR count). The van der Waals surface area contributed by atoms with Crippen molar-refractivity contribution < 1.29 is 9.59 Å². The third-order valence-corrected chi connectivity index (χ3v) is 4.87. The lowest BCUT2D eigenvalue weighted by Crippen LogP contribution is -2.39. The maximum Gasteiger partial charge on any atom is 0.210 e. The molecule has 0 radical (unpaired) electrons. The molecule has 1 unspecified atom stereocenters. The Labute approximate surface area is 136 Å². The van der Waals surface area contributed by atoms with Crippen molar-refractivity contribution in [1.29, 1.82) is 0 Å². The Morgan fingerprint density at radius 2 is 2.13 bits per heavy atom. The normalized spacial score (nSPS) is 20.7. The summed E-state index contributed by atoms with van der Waals surface area (Å²) in [7, 11) is 0. The highest BCUT2D eigenvalue weighted by Crippen LogP contribution is 2.36. The van der Waals surface area contributed by atoms with Crippen LogP contribution in [0.2, 0.25) is 0 Å². The van der Waals surface area contributed by atoms with E-state index in [1.54, 1.807) is 6.20 Å². The lowest BCUT2D eigenvalue weighted by Gasteiger charge is -2.32. The molecular weight excluding hydrogens is 288 g/mol. The number of aryl methyl sites for hydroxylation is 1. The van der Waals surface area contributed by atoms with Crippen molar-refractivity contribution in [3.8, 4) is 0 Å². The van der Waals surface area contributed by atoms with Crippen LogP contribution in [0.3, 0.4) is 0 Å². The number of hydrogen-bond donors (Lipinski definition) is 0. The van der Waals surface area contributed by atoms with Gasteiger partial charge in [-0.15, -0.1) is 0 Å². The quantitative estimate of drug-likeness (QED) is 0.639. The van der Waals surface area contributed by atoms with E-state index in [4.69, 9.17) is 0 Å². The maximum absolute atomic E-state index is 12.8. The molecule has 120 valence electrons. The molecule has 0 saturated heterocycles. The van der Waals surface area contributed by atoms with Gasteiger partial charge in [-0.05, 0) is 30.9 Å². The molecule has 1 atom stereocenters. The first kappa shape index (κ1) is 15.8. The van der Waals surface area contributed by atoms with Gasteiger partial charge in [0, 0.05) is 17.0 Å². The van der Waals surface area contributed by atoms with E-state index in [0.717, 1.165) is 30.2 Å². The number of hydrogen-bond acceptors (Lipinski definition) is 4. The Morgan fingerprint density at radius 1 is 1.35 bits per heavy atom. The fraction of sp³-hybridized carbons (Fsp3) is 0.474. The molecule has 1 heterocycles. The first-order valence-corrected chi connectivity index (χ1v) is 8.26. The number of nitrogens with zero attached hydrogens (tertiary/aromatic N) is 2. The van der Waals surface area contributed by atoms with Crippen LogP contribution >= 0.6 is 0 Å². The van der Waals surface area contributed by atoms with Crippen molar-refractivity contribution in [2.45, 2.75) is 46.5 Å². The lowest BCUT2D eigenvalue weighted by molar-refractivity contribution is -0.132. The van der Waals surface area contributed by atoms with E-state index in [-0.39, 0.29) is 17.4 Å². The number of Topliss-reactive ketones (excluding diaryl/α,β-unsaturated/α-hetero) is 2. The summed E-state index contributed by atoms with van der Waals surface area (Å²) in [6.45, 7) is 5.92. The summed E-state index contributed by atoms with van der Waals surface area (Å²) in [6.07, 6.45) is 4.93. The zero-order valence-corrected chi connectivity index (χ0v) is 13.9. The van der Waals surface area contributed by atoms with Crippen LogP contribution in [0.1, 0.15) is 56.2 Å². The Morgan fingerprint density at radius 3 is 2.87 bits per heavy atom. The van der Waals surface area contributed by atoms with Crippen molar-refractivity contribution >= 4 is 22.5 Å². The lowest BCUT2D eigenvalue weighted by atomic mass is 9.69. The number of aromatic nitrogens is 2. The molecule has 4 nitrogen and oxygen atoms in total. The van der Waals surface area contributed by atoms with Gasteiger partial charge in [-0.2, -0.15) is 0 Å². The molecule has 1 aromatic heterocycles. The second-order valence-corrected chi connectivity index (χ2v) is 7.00. The fourth-order valence-electron chi connectivity index (χ4n) is 3.29. The van der Waals surface area contributed by atoms with Gasteiger partial charge in [0.25, 0.3) is 0 Å². The molecule has 0 N–H and O–H groups in total. The largest absolute Gasteiger partial charge is 0.298 e. The van der Waals surface area contributed by atoms with Crippen LogP contribution < -0.4 is 0 Å². The Kier molecular flexibility index (Phi) is 4.00. The van der Waals surface area contributed by atoms with Gasteiger partial charge in [0.1, 0.15) is 5.78 Å². The van der Waals surface area contributed by atoms with Gasteiger partial charge >= 0.3 is 0 Å². The SMILES string of the molecule is CCc1ccc2cnc(C(=O)C3CCCC(C)(C)C3=O)nc2c1. The second-order valence-electron chi connectivity index (χ2n) is 7.00. The second kappa shape index (κ2) is 5.84. The maximum atomic E-state index is 12.8. The molecule has 0 aliphatic heterocycles. The first-order valence-electron chi connectivity index (χ1n) is 8.26. The molecule has 1 aromatic carbocycles. The average Bonchev–Trinajstić information content (AvgIpc) is 2.55.